The van der Waals surface area contributed by atoms with E-state index in [1.165, 1.54) is 0 Å². The van der Waals surface area contributed by atoms with Crippen LogP contribution in [0.1, 0.15) is 24.4 Å². The van der Waals surface area contributed by atoms with Gasteiger partial charge in [0.2, 0.25) is 0 Å². The molecule has 1 fully saturated rings. The van der Waals surface area contributed by atoms with Gasteiger partial charge in [0.1, 0.15) is 5.75 Å². The van der Waals surface area contributed by atoms with Gasteiger partial charge in [-0.2, -0.15) is 0 Å². The summed E-state index contributed by atoms with van der Waals surface area (Å²) in [5, 5.41) is 12.2. The van der Waals surface area contributed by atoms with Gasteiger partial charge in [0.05, 0.1) is 13.0 Å². The van der Waals surface area contributed by atoms with Crippen LogP contribution in [-0.2, 0) is 4.79 Å². The molecule has 4 heteroatoms. The van der Waals surface area contributed by atoms with Crippen molar-refractivity contribution in [2.75, 3.05) is 13.7 Å². The second-order valence-electron chi connectivity index (χ2n) is 4.32. The van der Waals surface area contributed by atoms with Crippen molar-refractivity contribution in [2.24, 2.45) is 5.92 Å². The van der Waals surface area contributed by atoms with Crippen LogP contribution in [-0.4, -0.2) is 24.7 Å². The molecule has 1 aromatic carbocycles. The Morgan fingerprint density at radius 2 is 2.18 bits per heavy atom. The predicted octanol–water partition coefficient (Wildman–Crippen LogP) is 1.82. The third-order valence-electron chi connectivity index (χ3n) is 3.28. The second kappa shape index (κ2) is 5.19. The van der Waals surface area contributed by atoms with Crippen LogP contribution < -0.4 is 10.1 Å². The molecule has 0 saturated carbocycles. The second-order valence-corrected chi connectivity index (χ2v) is 4.32. The first kappa shape index (κ1) is 11.9. The predicted molar refractivity (Wildman–Crippen MR) is 64.1 cm³/mol. The van der Waals surface area contributed by atoms with E-state index in [-0.39, 0.29) is 12.0 Å². The Kier molecular flexibility index (Phi) is 3.64. The van der Waals surface area contributed by atoms with Gasteiger partial charge in [0, 0.05) is 18.2 Å². The van der Waals surface area contributed by atoms with Crippen LogP contribution in [0.4, 0.5) is 0 Å². The van der Waals surface area contributed by atoms with E-state index in [1.807, 2.05) is 24.3 Å². The zero-order valence-electron chi connectivity index (χ0n) is 9.85. The first-order valence-electron chi connectivity index (χ1n) is 5.81. The van der Waals surface area contributed by atoms with E-state index in [0.29, 0.717) is 13.0 Å². The number of rotatable bonds is 3. The van der Waals surface area contributed by atoms with Crippen molar-refractivity contribution in [1.29, 1.82) is 0 Å². The van der Waals surface area contributed by atoms with Crippen molar-refractivity contribution < 1.29 is 14.6 Å². The largest absolute Gasteiger partial charge is 0.496 e. The highest BCUT2D eigenvalue weighted by atomic mass is 16.5. The standard InChI is InChI=1S/C13H17NO3/c1-17-12-5-3-2-4-10(12)11-7-6-9(8-14-11)13(15)16/h2-5,9,11,14H,6-8H2,1H3,(H,15,16). The molecule has 92 valence electrons. The van der Waals surface area contributed by atoms with Crippen LogP contribution in [0.5, 0.6) is 5.75 Å². The molecule has 1 aromatic rings. The summed E-state index contributed by atoms with van der Waals surface area (Å²) in [6, 6.07) is 8.06. The van der Waals surface area contributed by atoms with Gasteiger partial charge in [0.15, 0.2) is 0 Å². The summed E-state index contributed by atoms with van der Waals surface area (Å²) >= 11 is 0. The molecule has 2 unspecified atom stereocenters. The summed E-state index contributed by atoms with van der Waals surface area (Å²) in [5.74, 6) is -0.115. The molecular formula is C13H17NO3. The van der Waals surface area contributed by atoms with Crippen molar-refractivity contribution in [1.82, 2.24) is 5.32 Å². The minimum Gasteiger partial charge on any atom is -0.496 e. The topological polar surface area (TPSA) is 58.6 Å². The Morgan fingerprint density at radius 1 is 1.41 bits per heavy atom. The molecule has 0 bridgehead atoms. The number of hydrogen-bond donors (Lipinski definition) is 2. The minimum atomic E-state index is -0.712. The molecule has 0 aliphatic carbocycles. The fourth-order valence-electron chi connectivity index (χ4n) is 2.29. The van der Waals surface area contributed by atoms with Gasteiger partial charge in [-0.25, -0.2) is 0 Å². The summed E-state index contributed by atoms with van der Waals surface area (Å²) in [6.45, 7) is 0.526. The van der Waals surface area contributed by atoms with Crippen LogP contribution in [0, 0.1) is 5.92 Å². The maximum absolute atomic E-state index is 10.9. The lowest BCUT2D eigenvalue weighted by atomic mass is 9.90. The minimum absolute atomic E-state index is 0.196. The van der Waals surface area contributed by atoms with Gasteiger partial charge in [-0.1, -0.05) is 18.2 Å². The van der Waals surface area contributed by atoms with E-state index in [1.54, 1.807) is 7.11 Å². The molecule has 0 radical (unpaired) electrons. The zero-order valence-corrected chi connectivity index (χ0v) is 9.85. The molecule has 4 nitrogen and oxygen atoms in total. The highest BCUT2D eigenvalue weighted by molar-refractivity contribution is 5.70. The van der Waals surface area contributed by atoms with Crippen LogP contribution >= 0.6 is 0 Å². The number of carbonyl (C=O) groups is 1. The third kappa shape index (κ3) is 2.58. The molecule has 0 aromatic heterocycles. The Bertz CT molecular complexity index is 397. The first-order valence-corrected chi connectivity index (χ1v) is 5.81. The average Bonchev–Trinajstić information content (AvgIpc) is 2.39. The van der Waals surface area contributed by atoms with Gasteiger partial charge in [0.25, 0.3) is 0 Å². The van der Waals surface area contributed by atoms with Gasteiger partial charge in [-0.05, 0) is 18.9 Å². The van der Waals surface area contributed by atoms with Gasteiger partial charge in [-0.15, -0.1) is 0 Å². The SMILES string of the molecule is COc1ccccc1C1CCC(C(=O)O)CN1. The number of piperidine rings is 1. The molecule has 17 heavy (non-hydrogen) atoms. The van der Waals surface area contributed by atoms with Crippen LogP contribution in [0.25, 0.3) is 0 Å². The van der Waals surface area contributed by atoms with E-state index >= 15 is 0 Å². The highest BCUT2D eigenvalue weighted by Crippen LogP contribution is 2.31. The number of para-hydroxylation sites is 1. The number of carboxylic acid groups (broad SMARTS) is 1. The van der Waals surface area contributed by atoms with Crippen LogP contribution in [0.15, 0.2) is 24.3 Å². The number of ether oxygens (including phenoxy) is 1. The molecule has 2 rings (SSSR count). The van der Waals surface area contributed by atoms with Crippen molar-refractivity contribution in [3.8, 4) is 5.75 Å². The average molecular weight is 235 g/mol. The molecule has 0 amide bonds. The lowest BCUT2D eigenvalue weighted by Crippen LogP contribution is -2.36. The molecule has 0 spiro atoms. The van der Waals surface area contributed by atoms with Crippen molar-refractivity contribution in [3.05, 3.63) is 29.8 Å². The number of carboxylic acids is 1. The lowest BCUT2D eigenvalue weighted by Gasteiger charge is -2.28. The van der Waals surface area contributed by atoms with Crippen molar-refractivity contribution in [3.63, 3.8) is 0 Å². The van der Waals surface area contributed by atoms with Gasteiger partial charge in [-0.3, -0.25) is 4.79 Å². The van der Waals surface area contributed by atoms with E-state index < -0.39 is 5.97 Å². The van der Waals surface area contributed by atoms with Crippen molar-refractivity contribution in [2.45, 2.75) is 18.9 Å². The molecule has 1 saturated heterocycles. The van der Waals surface area contributed by atoms with E-state index in [2.05, 4.69) is 5.32 Å². The Balaban J connectivity index is 2.07. The maximum atomic E-state index is 10.9. The van der Waals surface area contributed by atoms with E-state index in [4.69, 9.17) is 9.84 Å². The van der Waals surface area contributed by atoms with Crippen LogP contribution in [0.2, 0.25) is 0 Å². The number of nitrogens with one attached hydrogen (secondary N) is 1. The Morgan fingerprint density at radius 3 is 2.76 bits per heavy atom. The lowest BCUT2D eigenvalue weighted by molar-refractivity contribution is -0.142. The molecule has 1 aliphatic heterocycles. The van der Waals surface area contributed by atoms with E-state index in [9.17, 15) is 4.79 Å². The first-order chi connectivity index (χ1) is 8.22. The Labute approximate surface area is 101 Å². The molecule has 1 aliphatic rings. The summed E-state index contributed by atoms with van der Waals surface area (Å²) in [4.78, 5) is 10.9. The summed E-state index contributed by atoms with van der Waals surface area (Å²) < 4.78 is 5.32. The number of benzene rings is 1. The summed E-state index contributed by atoms with van der Waals surface area (Å²) in [7, 11) is 1.65. The molecule has 2 N–H and O–H groups in total. The van der Waals surface area contributed by atoms with Gasteiger partial charge >= 0.3 is 5.97 Å². The zero-order chi connectivity index (χ0) is 12.3. The quantitative estimate of drug-likeness (QED) is 0.839. The maximum Gasteiger partial charge on any atom is 0.307 e. The fraction of sp³-hybridized carbons (Fsp3) is 0.462. The summed E-state index contributed by atoms with van der Waals surface area (Å²) in [6.07, 6.45) is 1.54. The van der Waals surface area contributed by atoms with Crippen LogP contribution in [0.3, 0.4) is 0 Å². The third-order valence-corrected chi connectivity index (χ3v) is 3.28. The van der Waals surface area contributed by atoms with E-state index in [0.717, 1.165) is 17.7 Å². The van der Waals surface area contributed by atoms with Crippen molar-refractivity contribution >= 4 is 5.97 Å². The highest BCUT2D eigenvalue weighted by Gasteiger charge is 2.27. The molecule has 1 heterocycles. The molecule has 2 atom stereocenters. The number of hydrogen-bond acceptors (Lipinski definition) is 3. The molecular weight excluding hydrogens is 218 g/mol. The normalized spacial score (nSPS) is 24.3. The monoisotopic (exact) mass is 235 g/mol. The number of aliphatic carboxylic acids is 1. The summed E-state index contributed by atoms with van der Waals surface area (Å²) in [5.41, 5.74) is 1.11. The Hall–Kier alpha value is -1.55. The van der Waals surface area contributed by atoms with Gasteiger partial charge < -0.3 is 15.2 Å². The fourth-order valence-corrected chi connectivity index (χ4v) is 2.29. The smallest absolute Gasteiger partial charge is 0.307 e. The number of methoxy groups -OCH3 is 1.